The molecule has 0 fully saturated rings. The van der Waals surface area contributed by atoms with Gasteiger partial charge >= 0.3 is 5.97 Å². The number of carbonyl (C=O) groups is 4. The molecule has 0 spiro atoms. The maximum atomic E-state index is 14.0. The summed E-state index contributed by atoms with van der Waals surface area (Å²) in [5.41, 5.74) is 0.278. The monoisotopic (exact) mass is 580 g/mol. The van der Waals surface area contributed by atoms with Gasteiger partial charge < -0.3 is 25.2 Å². The quantitative estimate of drug-likeness (QED) is 0.288. The van der Waals surface area contributed by atoms with Crippen molar-refractivity contribution >= 4 is 46.9 Å². The highest BCUT2D eigenvalue weighted by Crippen LogP contribution is 2.25. The molecule has 0 heterocycles. The summed E-state index contributed by atoms with van der Waals surface area (Å²) in [7, 11) is 2.95. The summed E-state index contributed by atoms with van der Waals surface area (Å²) in [6.45, 7) is 3.38. The Kier molecular flexibility index (Phi) is 12.3. The summed E-state index contributed by atoms with van der Waals surface area (Å²) in [6, 6.07) is 8.11. The van der Waals surface area contributed by atoms with E-state index >= 15 is 0 Å². The lowest BCUT2D eigenvalue weighted by atomic mass is 10.0. The second kappa shape index (κ2) is 15.1. The molecule has 2 rings (SSSR count). The Labute approximate surface area is 235 Å². The number of methoxy groups -OCH3 is 2. The van der Waals surface area contributed by atoms with Crippen LogP contribution < -0.4 is 20.1 Å². The normalized spacial score (nSPS) is 12.0. The highest BCUT2D eigenvalue weighted by molar-refractivity contribution is 7.99. The zero-order valence-electron chi connectivity index (χ0n) is 21.9. The molecule has 0 saturated carbocycles. The molecule has 0 aliphatic carbocycles. The van der Waals surface area contributed by atoms with Gasteiger partial charge in [-0.15, -0.1) is 11.8 Å². The van der Waals surface area contributed by atoms with Gasteiger partial charge in [-0.2, -0.15) is 0 Å². The Balaban J connectivity index is 2.10. The van der Waals surface area contributed by atoms with Crippen molar-refractivity contribution in [2.45, 2.75) is 32.1 Å². The van der Waals surface area contributed by atoms with E-state index < -0.39 is 47.0 Å². The average Bonchev–Trinajstić information content (AvgIpc) is 2.87. The number of allylic oxidation sites excluding steroid dienone is 1. The SMILES string of the molecule is COc1ccc(OC)c(CC(=O)N[C@H](C(=O)NC(=CC(=O)O)C(=O)CSCc2c(F)cccc2Cl)C(C)C)c1. The summed E-state index contributed by atoms with van der Waals surface area (Å²) in [5, 5.41) is 14.4. The number of thioether (sulfide) groups is 1. The molecule has 12 heteroatoms. The number of halogens is 2. The van der Waals surface area contributed by atoms with Crippen LogP contribution in [0.15, 0.2) is 48.2 Å². The van der Waals surface area contributed by atoms with Gasteiger partial charge in [0, 0.05) is 21.9 Å². The third-order valence-electron chi connectivity index (χ3n) is 5.47. The number of hydrogen-bond acceptors (Lipinski definition) is 7. The molecule has 0 saturated heterocycles. The number of carboxylic acids is 1. The molecule has 9 nitrogen and oxygen atoms in total. The minimum absolute atomic E-state index is 0.0595. The third kappa shape index (κ3) is 9.60. The summed E-state index contributed by atoms with van der Waals surface area (Å²) in [6.07, 6.45) is 0.458. The molecule has 0 bridgehead atoms. The summed E-state index contributed by atoms with van der Waals surface area (Å²) < 4.78 is 24.5. The molecule has 3 N–H and O–H groups in total. The second-order valence-electron chi connectivity index (χ2n) is 8.65. The third-order valence-corrected chi connectivity index (χ3v) is 6.78. The van der Waals surface area contributed by atoms with Gasteiger partial charge in [-0.1, -0.05) is 31.5 Å². The van der Waals surface area contributed by atoms with Gasteiger partial charge in [-0.25, -0.2) is 9.18 Å². The van der Waals surface area contributed by atoms with E-state index in [0.29, 0.717) is 23.1 Å². The molecule has 0 aromatic heterocycles. The van der Waals surface area contributed by atoms with Crippen LogP contribution in [0.2, 0.25) is 5.02 Å². The topological polar surface area (TPSA) is 131 Å². The fraction of sp³-hybridized carbons (Fsp3) is 0.333. The summed E-state index contributed by atoms with van der Waals surface area (Å²) in [5.74, 6) is -3.55. The number of hydrogen-bond donors (Lipinski definition) is 3. The molecule has 0 aliphatic rings. The first-order chi connectivity index (χ1) is 18.5. The van der Waals surface area contributed by atoms with Crippen LogP contribution in [0.3, 0.4) is 0 Å². The van der Waals surface area contributed by atoms with Crippen LogP contribution in [-0.4, -0.2) is 54.7 Å². The first-order valence-corrected chi connectivity index (χ1v) is 13.3. The minimum Gasteiger partial charge on any atom is -0.497 e. The zero-order chi connectivity index (χ0) is 29.1. The first kappa shape index (κ1) is 31.6. The van der Waals surface area contributed by atoms with Gasteiger partial charge in [0.15, 0.2) is 5.78 Å². The van der Waals surface area contributed by atoms with Crippen molar-refractivity contribution in [3.05, 3.63) is 70.1 Å². The first-order valence-electron chi connectivity index (χ1n) is 11.8. The number of ether oxygens (including phenoxy) is 2. The van der Waals surface area contributed by atoms with E-state index in [0.717, 1.165) is 11.8 Å². The molecule has 0 aliphatic heterocycles. The van der Waals surface area contributed by atoms with Gasteiger partial charge in [0.1, 0.15) is 23.4 Å². The maximum Gasteiger partial charge on any atom is 0.330 e. The van der Waals surface area contributed by atoms with Gasteiger partial charge in [0.2, 0.25) is 11.8 Å². The number of benzene rings is 2. The zero-order valence-corrected chi connectivity index (χ0v) is 23.5. The van der Waals surface area contributed by atoms with Crippen LogP contribution in [0.4, 0.5) is 4.39 Å². The minimum atomic E-state index is -1.45. The van der Waals surface area contributed by atoms with E-state index in [1.54, 1.807) is 32.0 Å². The predicted molar refractivity (Wildman–Crippen MR) is 146 cm³/mol. The van der Waals surface area contributed by atoms with Crippen molar-refractivity contribution in [2.24, 2.45) is 5.92 Å². The summed E-state index contributed by atoms with van der Waals surface area (Å²) >= 11 is 7.01. The number of ketones is 1. The Bertz CT molecular complexity index is 1230. The van der Waals surface area contributed by atoms with Crippen molar-refractivity contribution in [2.75, 3.05) is 20.0 Å². The van der Waals surface area contributed by atoms with E-state index in [1.807, 2.05) is 0 Å². The van der Waals surface area contributed by atoms with Crippen molar-refractivity contribution in [3.63, 3.8) is 0 Å². The Morgan fingerprint density at radius 2 is 1.85 bits per heavy atom. The number of carbonyl (C=O) groups excluding carboxylic acids is 3. The predicted octanol–water partition coefficient (Wildman–Crippen LogP) is 3.77. The van der Waals surface area contributed by atoms with Crippen molar-refractivity contribution < 1.29 is 38.1 Å². The van der Waals surface area contributed by atoms with Gasteiger partial charge in [-0.05, 0) is 36.2 Å². The van der Waals surface area contributed by atoms with E-state index in [9.17, 15) is 28.7 Å². The fourth-order valence-electron chi connectivity index (χ4n) is 3.47. The number of amides is 2. The van der Waals surface area contributed by atoms with Crippen molar-refractivity contribution in [1.29, 1.82) is 0 Å². The number of aliphatic carboxylic acids is 1. The van der Waals surface area contributed by atoms with Crippen molar-refractivity contribution in [3.8, 4) is 11.5 Å². The molecule has 2 aromatic rings. The number of Topliss-reactive ketones (excluding diaryl/α,β-unsaturated/α-hetero) is 1. The van der Waals surface area contributed by atoms with Gasteiger partial charge in [-0.3, -0.25) is 14.4 Å². The summed E-state index contributed by atoms with van der Waals surface area (Å²) in [4.78, 5) is 50.0. The fourth-order valence-corrected chi connectivity index (χ4v) is 4.72. The molecule has 210 valence electrons. The molecule has 2 amide bonds. The van der Waals surface area contributed by atoms with E-state index in [-0.39, 0.29) is 28.5 Å². The van der Waals surface area contributed by atoms with Crippen LogP contribution >= 0.6 is 23.4 Å². The standard InChI is InChI=1S/C27H30ClFN2O7S/c1-15(2)26(31-24(33)11-16-10-17(37-3)8-9-23(16)38-4)27(36)30-21(12-25(34)35)22(32)14-39-13-18-19(28)6-5-7-20(18)29/h5-10,12,15,26H,11,13-14H2,1-4H3,(H,30,36)(H,31,33)(H,34,35)/t26-/m0/s1. The number of carboxylic acid groups (broad SMARTS) is 1. The van der Waals surface area contributed by atoms with Crippen LogP contribution in [0.25, 0.3) is 0 Å². The molecule has 39 heavy (non-hydrogen) atoms. The van der Waals surface area contributed by atoms with Crippen LogP contribution in [0.5, 0.6) is 11.5 Å². The lowest BCUT2D eigenvalue weighted by Crippen LogP contribution is -2.50. The molecular weight excluding hydrogens is 551 g/mol. The highest BCUT2D eigenvalue weighted by atomic mass is 35.5. The Morgan fingerprint density at radius 1 is 1.13 bits per heavy atom. The second-order valence-corrected chi connectivity index (χ2v) is 10.0. The smallest absolute Gasteiger partial charge is 0.330 e. The number of rotatable bonds is 14. The molecular formula is C27H30ClFN2O7S. The molecule has 0 radical (unpaired) electrons. The maximum absolute atomic E-state index is 14.0. The van der Waals surface area contributed by atoms with Gasteiger partial charge in [0.05, 0.1) is 38.2 Å². The molecule has 0 unspecified atom stereocenters. The lowest BCUT2D eigenvalue weighted by molar-refractivity contribution is -0.132. The van der Waals surface area contributed by atoms with Crippen molar-refractivity contribution in [1.82, 2.24) is 10.6 Å². The van der Waals surface area contributed by atoms with Crippen LogP contribution in [0.1, 0.15) is 25.0 Å². The van der Waals surface area contributed by atoms with Crippen LogP contribution in [0, 0.1) is 11.7 Å². The Morgan fingerprint density at radius 3 is 2.44 bits per heavy atom. The number of nitrogens with one attached hydrogen (secondary N) is 2. The average molecular weight is 581 g/mol. The van der Waals surface area contributed by atoms with Gasteiger partial charge in [0.25, 0.3) is 0 Å². The molecule has 1 atom stereocenters. The molecule has 2 aromatic carbocycles. The Hall–Kier alpha value is -3.57. The van der Waals surface area contributed by atoms with E-state index in [1.165, 1.54) is 32.4 Å². The highest BCUT2D eigenvalue weighted by Gasteiger charge is 2.27. The lowest BCUT2D eigenvalue weighted by Gasteiger charge is -2.22. The van der Waals surface area contributed by atoms with E-state index in [2.05, 4.69) is 10.6 Å². The van der Waals surface area contributed by atoms with Crippen LogP contribution in [-0.2, 0) is 31.4 Å². The largest absolute Gasteiger partial charge is 0.497 e. The van der Waals surface area contributed by atoms with E-state index in [4.69, 9.17) is 21.1 Å².